The first-order valence-electron chi connectivity index (χ1n) is 5.30. The van der Waals surface area contributed by atoms with Crippen molar-refractivity contribution in [2.75, 3.05) is 20.8 Å². The number of aliphatic hydroxyl groups excluding tert-OH is 2. The van der Waals surface area contributed by atoms with Gasteiger partial charge in [-0.15, -0.1) is 0 Å². The highest BCUT2D eigenvalue weighted by molar-refractivity contribution is 4.65. The molecule has 1 unspecified atom stereocenters. The Balaban J connectivity index is 0. The van der Waals surface area contributed by atoms with Crippen molar-refractivity contribution in [1.29, 1.82) is 0 Å². The van der Waals surface area contributed by atoms with Crippen molar-refractivity contribution in [2.45, 2.75) is 51.9 Å². The van der Waals surface area contributed by atoms with Crippen LogP contribution in [0, 0.1) is 0 Å². The second-order valence-electron chi connectivity index (χ2n) is 3.92. The molecule has 94 valence electrons. The van der Waals surface area contributed by atoms with Crippen LogP contribution in [-0.4, -0.2) is 42.9 Å². The van der Waals surface area contributed by atoms with Crippen LogP contribution in [0.15, 0.2) is 0 Å². The Morgan fingerprint density at radius 3 is 1.93 bits per heavy atom. The molecule has 0 bridgehead atoms. The lowest BCUT2D eigenvalue weighted by atomic mass is 10.1. The van der Waals surface area contributed by atoms with Crippen molar-refractivity contribution in [1.82, 2.24) is 0 Å². The molecule has 2 N–H and O–H groups in total. The van der Waals surface area contributed by atoms with E-state index in [9.17, 15) is 0 Å². The summed E-state index contributed by atoms with van der Waals surface area (Å²) in [6.45, 7) is 6.09. The zero-order valence-corrected chi connectivity index (χ0v) is 10.6. The fourth-order valence-electron chi connectivity index (χ4n) is 0.736. The highest BCUT2D eigenvalue weighted by Gasteiger charge is 2.13. The van der Waals surface area contributed by atoms with Crippen molar-refractivity contribution in [2.24, 2.45) is 0 Å². The summed E-state index contributed by atoms with van der Waals surface area (Å²) in [6.07, 6.45) is 1.85. The molecule has 0 fully saturated rings. The lowest BCUT2D eigenvalue weighted by Crippen LogP contribution is -2.23. The highest BCUT2D eigenvalue weighted by atomic mass is 16.6. The summed E-state index contributed by atoms with van der Waals surface area (Å²) >= 11 is 0. The van der Waals surface area contributed by atoms with E-state index in [1.54, 1.807) is 7.11 Å². The van der Waals surface area contributed by atoms with Crippen LogP contribution in [-0.2, 0) is 9.47 Å². The molecule has 0 rings (SSSR count). The second-order valence-corrected chi connectivity index (χ2v) is 3.92. The largest absolute Gasteiger partial charge is 0.396 e. The highest BCUT2D eigenvalue weighted by Crippen LogP contribution is 2.10. The van der Waals surface area contributed by atoms with E-state index >= 15 is 0 Å². The third kappa shape index (κ3) is 13.8. The number of hydrogen-bond donors (Lipinski definition) is 2. The molecular weight excluding hydrogens is 196 g/mol. The first-order valence-corrected chi connectivity index (χ1v) is 5.30. The number of methoxy groups -OCH3 is 2. The molecule has 4 heteroatoms. The van der Waals surface area contributed by atoms with Gasteiger partial charge in [0.15, 0.2) is 6.29 Å². The van der Waals surface area contributed by atoms with Gasteiger partial charge in [0, 0.05) is 20.8 Å². The van der Waals surface area contributed by atoms with Gasteiger partial charge in [-0.05, 0) is 26.7 Å². The van der Waals surface area contributed by atoms with Gasteiger partial charge < -0.3 is 19.7 Å². The lowest BCUT2D eigenvalue weighted by molar-refractivity contribution is -0.0783. The van der Waals surface area contributed by atoms with Gasteiger partial charge in [-0.25, -0.2) is 0 Å². The molecular formula is C11H26O4. The molecule has 0 amide bonds. The van der Waals surface area contributed by atoms with Gasteiger partial charge in [0.25, 0.3) is 0 Å². The van der Waals surface area contributed by atoms with E-state index in [2.05, 4.69) is 4.74 Å². The molecule has 0 aromatic heterocycles. The van der Waals surface area contributed by atoms with E-state index in [0.717, 1.165) is 12.8 Å². The average Bonchev–Trinajstić information content (AvgIpc) is 2.19. The van der Waals surface area contributed by atoms with Crippen LogP contribution in [0.1, 0.15) is 40.0 Å². The minimum absolute atomic E-state index is 0.158. The van der Waals surface area contributed by atoms with Crippen molar-refractivity contribution in [3.63, 3.8) is 0 Å². The first kappa shape index (κ1) is 17.2. The van der Waals surface area contributed by atoms with Gasteiger partial charge in [-0.3, -0.25) is 0 Å². The van der Waals surface area contributed by atoms with Crippen LogP contribution in [0.4, 0.5) is 0 Å². The van der Waals surface area contributed by atoms with Crippen LogP contribution >= 0.6 is 0 Å². The third-order valence-electron chi connectivity index (χ3n) is 2.07. The molecule has 0 radical (unpaired) electrons. The van der Waals surface area contributed by atoms with E-state index in [1.165, 1.54) is 7.11 Å². The van der Waals surface area contributed by atoms with Crippen molar-refractivity contribution in [3.8, 4) is 0 Å². The van der Waals surface area contributed by atoms with E-state index in [1.807, 2.05) is 20.8 Å². The van der Waals surface area contributed by atoms with Crippen LogP contribution in [0.3, 0.4) is 0 Å². The minimum Gasteiger partial charge on any atom is -0.396 e. The molecule has 0 spiro atoms. The van der Waals surface area contributed by atoms with Gasteiger partial charge in [0.1, 0.15) is 0 Å². The van der Waals surface area contributed by atoms with Crippen LogP contribution in [0.25, 0.3) is 0 Å². The molecule has 0 aromatic carbocycles. The van der Waals surface area contributed by atoms with Crippen LogP contribution in [0.2, 0.25) is 0 Å². The number of aliphatic hydroxyl groups is 2. The van der Waals surface area contributed by atoms with Crippen molar-refractivity contribution < 1.29 is 19.7 Å². The Kier molecular flexibility index (Phi) is 11.9. The zero-order valence-electron chi connectivity index (χ0n) is 10.6. The standard InChI is InChI=1S/C6H14O2.C5H12O2/c1-6(2,8-3)4-5-7;1-3-4-5(6)7-2/h7H,4-5H2,1-3H3;5-6H,3-4H2,1-2H3. The number of hydrogen-bond acceptors (Lipinski definition) is 4. The molecule has 0 aromatic rings. The summed E-state index contributed by atoms with van der Waals surface area (Å²) in [5.41, 5.74) is -0.158. The summed E-state index contributed by atoms with van der Waals surface area (Å²) in [6, 6.07) is 0. The minimum atomic E-state index is -0.551. The van der Waals surface area contributed by atoms with Gasteiger partial charge in [0.05, 0.1) is 5.60 Å². The maximum absolute atomic E-state index is 8.64. The molecule has 0 saturated heterocycles. The molecule has 0 heterocycles. The number of ether oxygens (including phenoxy) is 2. The van der Waals surface area contributed by atoms with E-state index in [4.69, 9.17) is 14.9 Å². The van der Waals surface area contributed by atoms with E-state index in [-0.39, 0.29) is 12.2 Å². The molecule has 0 aliphatic rings. The molecule has 0 aliphatic carbocycles. The van der Waals surface area contributed by atoms with Gasteiger partial charge >= 0.3 is 0 Å². The average molecular weight is 222 g/mol. The molecule has 4 nitrogen and oxygen atoms in total. The Hall–Kier alpha value is -0.160. The molecule has 0 aliphatic heterocycles. The zero-order chi connectivity index (χ0) is 12.3. The first-order chi connectivity index (χ1) is 6.93. The normalized spacial score (nSPS) is 13.0. The smallest absolute Gasteiger partial charge is 0.154 e. The predicted octanol–water partition coefficient (Wildman–Crippen LogP) is 1.55. The summed E-state index contributed by atoms with van der Waals surface area (Å²) < 4.78 is 9.56. The summed E-state index contributed by atoms with van der Waals surface area (Å²) in [4.78, 5) is 0. The summed E-state index contributed by atoms with van der Waals surface area (Å²) in [5, 5.41) is 17.1. The summed E-state index contributed by atoms with van der Waals surface area (Å²) in [7, 11) is 3.15. The maximum atomic E-state index is 8.64. The van der Waals surface area contributed by atoms with E-state index < -0.39 is 6.29 Å². The van der Waals surface area contributed by atoms with Gasteiger partial charge in [-0.2, -0.15) is 0 Å². The fraction of sp³-hybridized carbons (Fsp3) is 1.00. The van der Waals surface area contributed by atoms with Crippen molar-refractivity contribution >= 4 is 0 Å². The van der Waals surface area contributed by atoms with Gasteiger partial charge in [0.2, 0.25) is 0 Å². The molecule has 15 heavy (non-hydrogen) atoms. The second kappa shape index (κ2) is 10.4. The Morgan fingerprint density at radius 2 is 1.80 bits per heavy atom. The monoisotopic (exact) mass is 222 g/mol. The van der Waals surface area contributed by atoms with Crippen molar-refractivity contribution in [3.05, 3.63) is 0 Å². The Labute approximate surface area is 93.2 Å². The lowest BCUT2D eigenvalue weighted by Gasteiger charge is -2.20. The fourth-order valence-corrected chi connectivity index (χ4v) is 0.736. The van der Waals surface area contributed by atoms with Crippen LogP contribution < -0.4 is 0 Å². The quantitative estimate of drug-likeness (QED) is 0.669. The third-order valence-corrected chi connectivity index (χ3v) is 2.07. The number of rotatable bonds is 6. The van der Waals surface area contributed by atoms with Gasteiger partial charge in [-0.1, -0.05) is 13.3 Å². The van der Waals surface area contributed by atoms with Crippen LogP contribution in [0.5, 0.6) is 0 Å². The maximum Gasteiger partial charge on any atom is 0.154 e. The van der Waals surface area contributed by atoms with E-state index in [0.29, 0.717) is 6.42 Å². The summed E-state index contributed by atoms with van der Waals surface area (Å²) in [5.74, 6) is 0. The molecule has 0 saturated carbocycles. The SMILES string of the molecule is CCCC(O)OC.COC(C)(C)CCO. The Bertz CT molecular complexity index is 126. The topological polar surface area (TPSA) is 58.9 Å². The Morgan fingerprint density at radius 1 is 1.27 bits per heavy atom. The predicted molar refractivity (Wildman–Crippen MR) is 60.7 cm³/mol. The molecule has 1 atom stereocenters.